The van der Waals surface area contributed by atoms with Crippen LogP contribution in [-0.4, -0.2) is 23.3 Å². The molecule has 0 radical (unpaired) electrons. The van der Waals surface area contributed by atoms with Gasteiger partial charge in [-0.2, -0.15) is 0 Å². The summed E-state index contributed by atoms with van der Waals surface area (Å²) in [7, 11) is 0. The molecule has 3 atom stereocenters. The minimum absolute atomic E-state index is 0.0843. The van der Waals surface area contributed by atoms with Crippen LogP contribution < -0.4 is 0 Å². The fourth-order valence-electron chi connectivity index (χ4n) is 4.15. The largest absolute Gasteiger partial charge is 0.356 e. The number of halogens is 1. The zero-order valence-electron chi connectivity index (χ0n) is 14.9. The van der Waals surface area contributed by atoms with Gasteiger partial charge in [0.25, 0.3) is 0 Å². The van der Waals surface area contributed by atoms with Crippen LogP contribution in [-0.2, 0) is 20.7 Å². The Bertz CT molecular complexity index is 887. The van der Waals surface area contributed by atoms with Crippen molar-refractivity contribution in [2.45, 2.75) is 50.7 Å². The highest BCUT2D eigenvalue weighted by Crippen LogP contribution is 2.44. The van der Waals surface area contributed by atoms with Crippen LogP contribution in [0.1, 0.15) is 43.7 Å². The summed E-state index contributed by atoms with van der Waals surface area (Å²) in [6, 6.07) is 13.7. The second kappa shape index (κ2) is 6.33. The first-order valence-electron chi connectivity index (χ1n) is 9.07. The van der Waals surface area contributed by atoms with Crippen LogP contribution in [0, 0.1) is 0 Å². The summed E-state index contributed by atoms with van der Waals surface area (Å²) in [5, 5.41) is 0.697. The second-order valence-electron chi connectivity index (χ2n) is 7.35. The summed E-state index contributed by atoms with van der Waals surface area (Å²) in [6.07, 6.45) is 1.59. The number of ketones is 2. The van der Waals surface area contributed by atoms with Crippen molar-refractivity contribution >= 4 is 23.2 Å². The van der Waals surface area contributed by atoms with E-state index in [1.165, 1.54) is 0 Å². The SMILES string of the molecule is CCc1cc(-c2ccc(Cl)cc2)ccc1C1C(=O)[C@@H]2CC[C@@](C)(O2)C1=O. The number of Topliss-reactive ketones (excluding diaryl/α,β-unsaturated/α-hetero) is 2. The van der Waals surface area contributed by atoms with Crippen LogP contribution in [0.25, 0.3) is 11.1 Å². The Balaban J connectivity index is 1.76. The van der Waals surface area contributed by atoms with E-state index < -0.39 is 17.6 Å². The van der Waals surface area contributed by atoms with Gasteiger partial charge in [0, 0.05) is 5.02 Å². The first-order valence-corrected chi connectivity index (χ1v) is 9.45. The molecule has 0 aromatic heterocycles. The summed E-state index contributed by atoms with van der Waals surface area (Å²) in [5.74, 6) is -0.875. The Kier molecular flexibility index (Phi) is 4.25. The number of ether oxygens (including phenoxy) is 1. The highest BCUT2D eigenvalue weighted by Gasteiger charge is 2.55. The Morgan fingerprint density at radius 1 is 1.12 bits per heavy atom. The number of rotatable bonds is 3. The Morgan fingerprint density at radius 2 is 1.81 bits per heavy atom. The molecule has 0 saturated carbocycles. The van der Waals surface area contributed by atoms with E-state index in [0.29, 0.717) is 17.9 Å². The van der Waals surface area contributed by atoms with Crippen molar-refractivity contribution in [1.82, 2.24) is 0 Å². The smallest absolute Gasteiger partial charge is 0.179 e. The molecule has 134 valence electrons. The fraction of sp³-hybridized carbons (Fsp3) is 0.364. The van der Waals surface area contributed by atoms with E-state index >= 15 is 0 Å². The predicted molar refractivity (Wildman–Crippen MR) is 102 cm³/mol. The van der Waals surface area contributed by atoms with E-state index in [-0.39, 0.29) is 11.6 Å². The molecule has 0 amide bonds. The lowest BCUT2D eigenvalue weighted by atomic mass is 9.78. The van der Waals surface area contributed by atoms with Crippen LogP contribution in [0.4, 0.5) is 0 Å². The maximum atomic E-state index is 13.0. The van der Waals surface area contributed by atoms with E-state index in [2.05, 4.69) is 13.0 Å². The molecule has 2 aliphatic rings. The lowest BCUT2D eigenvalue weighted by Gasteiger charge is -2.34. The average molecular weight is 369 g/mol. The fourth-order valence-corrected chi connectivity index (χ4v) is 4.28. The van der Waals surface area contributed by atoms with E-state index in [1.54, 1.807) is 0 Å². The second-order valence-corrected chi connectivity index (χ2v) is 7.79. The molecular weight excluding hydrogens is 348 g/mol. The van der Waals surface area contributed by atoms with Gasteiger partial charge in [-0.15, -0.1) is 0 Å². The van der Waals surface area contributed by atoms with E-state index in [9.17, 15) is 9.59 Å². The van der Waals surface area contributed by atoms with Crippen LogP contribution in [0.15, 0.2) is 42.5 Å². The molecule has 2 aromatic carbocycles. The first kappa shape index (κ1) is 17.4. The molecule has 2 bridgehead atoms. The van der Waals surface area contributed by atoms with Gasteiger partial charge in [-0.25, -0.2) is 0 Å². The van der Waals surface area contributed by atoms with Gasteiger partial charge >= 0.3 is 0 Å². The Morgan fingerprint density at radius 3 is 2.50 bits per heavy atom. The molecule has 0 spiro atoms. The molecule has 4 rings (SSSR count). The third-order valence-corrected chi connectivity index (χ3v) is 5.94. The standard InChI is InChI=1S/C22H21ClO3/c1-3-13-12-15(14-4-7-16(23)8-5-14)6-9-17(13)19-20(24)18-10-11-22(2,26-18)21(19)25/h4-9,12,18-19H,3,10-11H2,1-2H3/t18-,19?,22+/m0/s1. The van der Waals surface area contributed by atoms with Crippen LogP contribution in [0.5, 0.6) is 0 Å². The lowest BCUT2D eigenvalue weighted by Crippen LogP contribution is -2.49. The third-order valence-electron chi connectivity index (χ3n) is 5.68. The van der Waals surface area contributed by atoms with Gasteiger partial charge in [0.1, 0.15) is 17.6 Å². The monoisotopic (exact) mass is 368 g/mol. The summed E-state index contributed by atoms with van der Waals surface area (Å²) >= 11 is 5.98. The normalized spacial score (nSPS) is 27.8. The van der Waals surface area contributed by atoms with Gasteiger partial charge in [-0.1, -0.05) is 48.9 Å². The number of carbonyl (C=O) groups is 2. The topological polar surface area (TPSA) is 43.4 Å². The molecule has 0 N–H and O–H groups in total. The summed E-state index contributed by atoms with van der Waals surface area (Å²) in [6.45, 7) is 3.87. The van der Waals surface area contributed by atoms with Crippen molar-refractivity contribution in [3.63, 3.8) is 0 Å². The number of aryl methyl sites for hydroxylation is 1. The maximum absolute atomic E-state index is 13.0. The van der Waals surface area contributed by atoms with Gasteiger partial charge in [-0.05, 0) is 60.6 Å². The zero-order valence-corrected chi connectivity index (χ0v) is 15.7. The summed E-state index contributed by atoms with van der Waals surface area (Å²) in [5.41, 5.74) is 3.18. The highest BCUT2D eigenvalue weighted by molar-refractivity contribution is 6.30. The molecule has 0 aliphatic carbocycles. The summed E-state index contributed by atoms with van der Waals surface area (Å²) < 4.78 is 5.73. The van der Waals surface area contributed by atoms with Crippen LogP contribution in [0.2, 0.25) is 5.02 Å². The lowest BCUT2D eigenvalue weighted by molar-refractivity contribution is -0.160. The molecule has 1 unspecified atom stereocenters. The third kappa shape index (κ3) is 2.70. The first-order chi connectivity index (χ1) is 12.4. The molecule has 3 nitrogen and oxygen atoms in total. The van der Waals surface area contributed by atoms with Crippen molar-refractivity contribution in [3.8, 4) is 11.1 Å². The zero-order chi connectivity index (χ0) is 18.5. The minimum Gasteiger partial charge on any atom is -0.356 e. The van der Waals surface area contributed by atoms with Crippen molar-refractivity contribution in [2.75, 3.05) is 0 Å². The van der Waals surface area contributed by atoms with Gasteiger partial charge in [0.15, 0.2) is 11.6 Å². The Hall–Kier alpha value is -1.97. The molecule has 2 heterocycles. The van der Waals surface area contributed by atoms with Crippen molar-refractivity contribution in [1.29, 1.82) is 0 Å². The van der Waals surface area contributed by atoms with Gasteiger partial charge in [0.2, 0.25) is 0 Å². The van der Waals surface area contributed by atoms with Crippen LogP contribution in [0.3, 0.4) is 0 Å². The van der Waals surface area contributed by atoms with Crippen molar-refractivity contribution in [2.24, 2.45) is 0 Å². The highest BCUT2D eigenvalue weighted by atomic mass is 35.5. The van der Waals surface area contributed by atoms with Crippen LogP contribution >= 0.6 is 11.6 Å². The average Bonchev–Trinajstić information content (AvgIpc) is 3.02. The molecule has 2 aliphatic heterocycles. The maximum Gasteiger partial charge on any atom is 0.179 e. The number of benzene rings is 2. The molecule has 26 heavy (non-hydrogen) atoms. The molecule has 2 aromatic rings. The molecule has 4 heteroatoms. The van der Waals surface area contributed by atoms with E-state index in [0.717, 1.165) is 28.7 Å². The predicted octanol–water partition coefficient (Wildman–Crippen LogP) is 4.74. The number of carbonyl (C=O) groups excluding carboxylic acids is 2. The minimum atomic E-state index is -0.816. The number of fused-ring (bicyclic) bond motifs is 2. The number of hydrogen-bond donors (Lipinski definition) is 0. The van der Waals surface area contributed by atoms with Crippen molar-refractivity contribution in [3.05, 3.63) is 58.6 Å². The summed E-state index contributed by atoms with van der Waals surface area (Å²) in [4.78, 5) is 25.9. The number of hydrogen-bond acceptors (Lipinski definition) is 3. The van der Waals surface area contributed by atoms with Gasteiger partial charge in [0.05, 0.1) is 0 Å². The molecule has 2 fully saturated rings. The molecular formula is C22H21ClO3. The molecule has 2 saturated heterocycles. The van der Waals surface area contributed by atoms with Gasteiger partial charge < -0.3 is 4.74 Å². The van der Waals surface area contributed by atoms with Crippen molar-refractivity contribution < 1.29 is 14.3 Å². The van der Waals surface area contributed by atoms with E-state index in [1.807, 2.05) is 43.3 Å². The Labute approximate surface area is 158 Å². The van der Waals surface area contributed by atoms with E-state index in [4.69, 9.17) is 16.3 Å². The quantitative estimate of drug-likeness (QED) is 0.735. The van der Waals surface area contributed by atoms with Gasteiger partial charge in [-0.3, -0.25) is 9.59 Å².